The van der Waals surface area contributed by atoms with Crippen molar-refractivity contribution >= 4 is 22.9 Å². The molecule has 0 fully saturated rings. The van der Waals surface area contributed by atoms with Crippen LogP contribution in [0.25, 0.3) is 10.6 Å². The molecule has 0 aromatic carbocycles. The average molecular weight is 373 g/mol. The highest BCUT2D eigenvalue weighted by atomic mass is 32.1. The second-order valence-electron chi connectivity index (χ2n) is 5.21. The summed E-state index contributed by atoms with van der Waals surface area (Å²) in [6, 6.07) is 5.86. The number of aryl methyl sites for hydroxylation is 1. The molecule has 8 nitrogen and oxygen atoms in total. The van der Waals surface area contributed by atoms with Gasteiger partial charge in [0.25, 0.3) is 5.91 Å². The summed E-state index contributed by atoms with van der Waals surface area (Å²) in [5.41, 5.74) is 1.55. The third kappa shape index (κ3) is 3.83. The van der Waals surface area contributed by atoms with Crippen molar-refractivity contribution in [2.75, 3.05) is 18.5 Å². The number of anilines is 1. The molecule has 0 atom stereocenters. The van der Waals surface area contributed by atoms with E-state index in [2.05, 4.69) is 20.4 Å². The first-order valence-electron chi connectivity index (χ1n) is 8.14. The molecule has 0 spiro atoms. The van der Waals surface area contributed by atoms with Crippen molar-refractivity contribution in [2.24, 2.45) is 7.05 Å². The fraction of sp³-hybridized carbons (Fsp3) is 0.294. The zero-order valence-electron chi connectivity index (χ0n) is 14.7. The number of thiophene rings is 1. The van der Waals surface area contributed by atoms with Gasteiger partial charge < -0.3 is 14.8 Å². The van der Waals surface area contributed by atoms with Crippen molar-refractivity contribution in [1.29, 1.82) is 0 Å². The van der Waals surface area contributed by atoms with Gasteiger partial charge in [0.1, 0.15) is 17.1 Å². The van der Waals surface area contributed by atoms with Gasteiger partial charge >= 0.3 is 6.01 Å². The van der Waals surface area contributed by atoms with Gasteiger partial charge in [-0.3, -0.25) is 9.48 Å². The Kier molecular flexibility index (Phi) is 5.47. The fourth-order valence-corrected chi connectivity index (χ4v) is 2.97. The molecule has 3 heterocycles. The van der Waals surface area contributed by atoms with Crippen LogP contribution < -0.4 is 14.8 Å². The van der Waals surface area contributed by atoms with Crippen LogP contribution in [-0.4, -0.2) is 38.9 Å². The minimum atomic E-state index is -0.323. The Labute approximate surface area is 154 Å². The van der Waals surface area contributed by atoms with Crippen LogP contribution in [0, 0.1) is 0 Å². The van der Waals surface area contributed by atoms with Crippen LogP contribution in [0.5, 0.6) is 11.9 Å². The Morgan fingerprint density at radius 3 is 2.81 bits per heavy atom. The molecule has 0 aliphatic heterocycles. The third-order valence-corrected chi connectivity index (χ3v) is 4.31. The van der Waals surface area contributed by atoms with Gasteiger partial charge in [-0.25, -0.2) is 4.98 Å². The summed E-state index contributed by atoms with van der Waals surface area (Å²) >= 11 is 1.57. The number of nitrogens with zero attached hydrogens (tertiary/aromatic N) is 4. The van der Waals surface area contributed by atoms with Gasteiger partial charge in [-0.1, -0.05) is 6.07 Å². The average Bonchev–Trinajstić information content (AvgIpc) is 3.27. The summed E-state index contributed by atoms with van der Waals surface area (Å²) in [7, 11) is 1.73. The summed E-state index contributed by atoms with van der Waals surface area (Å²) in [5, 5.41) is 9.14. The lowest BCUT2D eigenvalue weighted by molar-refractivity contribution is 0.101. The summed E-state index contributed by atoms with van der Waals surface area (Å²) in [5.74, 6) is -0.0588. The molecule has 9 heteroatoms. The van der Waals surface area contributed by atoms with Crippen LogP contribution >= 0.6 is 11.3 Å². The van der Waals surface area contributed by atoms with E-state index >= 15 is 0 Å². The van der Waals surface area contributed by atoms with E-state index in [-0.39, 0.29) is 17.8 Å². The highest BCUT2D eigenvalue weighted by molar-refractivity contribution is 7.13. The first-order valence-corrected chi connectivity index (χ1v) is 9.02. The predicted molar refractivity (Wildman–Crippen MR) is 98.8 cm³/mol. The van der Waals surface area contributed by atoms with Gasteiger partial charge in [0.2, 0.25) is 5.88 Å². The van der Waals surface area contributed by atoms with Crippen molar-refractivity contribution in [2.45, 2.75) is 13.8 Å². The van der Waals surface area contributed by atoms with E-state index in [1.54, 1.807) is 29.1 Å². The molecule has 0 saturated heterocycles. The van der Waals surface area contributed by atoms with Crippen LogP contribution in [0.15, 0.2) is 29.8 Å². The van der Waals surface area contributed by atoms with Gasteiger partial charge in [0.05, 0.1) is 24.3 Å². The molecular formula is C17H19N5O3S. The molecule has 3 aromatic heterocycles. The van der Waals surface area contributed by atoms with E-state index in [1.807, 2.05) is 31.4 Å². The van der Waals surface area contributed by atoms with Gasteiger partial charge in [-0.15, -0.1) is 11.3 Å². The van der Waals surface area contributed by atoms with E-state index in [0.29, 0.717) is 24.6 Å². The lowest BCUT2D eigenvalue weighted by Gasteiger charge is -2.11. The Hall–Kier alpha value is -2.94. The van der Waals surface area contributed by atoms with Gasteiger partial charge in [-0.2, -0.15) is 10.1 Å². The van der Waals surface area contributed by atoms with Crippen molar-refractivity contribution in [3.8, 4) is 22.5 Å². The summed E-state index contributed by atoms with van der Waals surface area (Å²) in [6.07, 6.45) is 1.47. The van der Waals surface area contributed by atoms with E-state index in [1.165, 1.54) is 6.20 Å². The molecule has 0 aliphatic rings. The predicted octanol–water partition coefficient (Wildman–Crippen LogP) is 2.99. The maximum Gasteiger partial charge on any atom is 0.319 e. The van der Waals surface area contributed by atoms with Gasteiger partial charge in [-0.05, 0) is 31.4 Å². The second-order valence-corrected chi connectivity index (χ2v) is 6.15. The van der Waals surface area contributed by atoms with Crippen molar-refractivity contribution in [3.05, 3.63) is 35.5 Å². The number of amides is 1. The third-order valence-electron chi connectivity index (χ3n) is 3.42. The van der Waals surface area contributed by atoms with Crippen LogP contribution in [0.4, 0.5) is 5.69 Å². The lowest BCUT2D eigenvalue weighted by Crippen LogP contribution is -2.17. The first kappa shape index (κ1) is 17.9. The topological polar surface area (TPSA) is 91.2 Å². The van der Waals surface area contributed by atoms with E-state index in [4.69, 9.17) is 9.47 Å². The number of ether oxygens (including phenoxy) is 2. The maximum atomic E-state index is 12.7. The van der Waals surface area contributed by atoms with Crippen molar-refractivity contribution in [3.63, 3.8) is 0 Å². The summed E-state index contributed by atoms with van der Waals surface area (Å²) in [6.45, 7) is 4.52. The van der Waals surface area contributed by atoms with Gasteiger partial charge in [0, 0.05) is 7.05 Å². The first-order chi connectivity index (χ1) is 12.6. The zero-order valence-corrected chi connectivity index (χ0v) is 15.5. The summed E-state index contributed by atoms with van der Waals surface area (Å²) in [4.78, 5) is 21.9. The fourth-order valence-electron chi connectivity index (χ4n) is 2.29. The van der Waals surface area contributed by atoms with Crippen LogP contribution in [-0.2, 0) is 7.05 Å². The number of hydrogen-bond acceptors (Lipinski definition) is 7. The number of carbonyl (C=O) groups is 1. The maximum absolute atomic E-state index is 12.7. The Morgan fingerprint density at radius 1 is 1.31 bits per heavy atom. The quantitative estimate of drug-likeness (QED) is 0.685. The monoisotopic (exact) mass is 373 g/mol. The number of nitrogens with one attached hydrogen (secondary N) is 1. The van der Waals surface area contributed by atoms with Crippen LogP contribution in [0.1, 0.15) is 24.3 Å². The highest BCUT2D eigenvalue weighted by Crippen LogP contribution is 2.26. The lowest BCUT2D eigenvalue weighted by atomic mass is 10.3. The number of carbonyl (C=O) groups excluding carboxylic acids is 1. The molecule has 26 heavy (non-hydrogen) atoms. The smallest absolute Gasteiger partial charge is 0.319 e. The molecule has 136 valence electrons. The molecule has 1 N–H and O–H groups in total. The normalized spacial score (nSPS) is 10.6. The zero-order chi connectivity index (χ0) is 18.5. The van der Waals surface area contributed by atoms with Crippen molar-refractivity contribution in [1.82, 2.24) is 19.7 Å². The SMILES string of the molecule is CCOc1ncc(NC(=O)c2cc(-c3cccs3)nn2C)c(OCC)n1. The minimum absolute atomic E-state index is 0.203. The molecular weight excluding hydrogens is 354 g/mol. The van der Waals surface area contributed by atoms with Gasteiger partial charge in [0.15, 0.2) is 0 Å². The number of rotatable bonds is 7. The molecule has 1 amide bonds. The molecule has 0 aliphatic carbocycles. The molecule has 0 bridgehead atoms. The number of hydrogen-bond donors (Lipinski definition) is 1. The number of aromatic nitrogens is 4. The largest absolute Gasteiger partial charge is 0.476 e. The molecule has 3 aromatic rings. The van der Waals surface area contributed by atoms with Crippen molar-refractivity contribution < 1.29 is 14.3 Å². The van der Waals surface area contributed by atoms with E-state index in [0.717, 1.165) is 10.6 Å². The van der Waals surface area contributed by atoms with Crippen LogP contribution in [0.3, 0.4) is 0 Å². The van der Waals surface area contributed by atoms with E-state index in [9.17, 15) is 4.79 Å². The molecule has 0 saturated carbocycles. The Balaban J connectivity index is 1.83. The standard InChI is InChI=1S/C17H19N5O3S/c1-4-24-16-12(10-18-17(20-16)25-5-2)19-15(23)13-9-11(21-22(13)3)14-7-6-8-26-14/h6-10H,4-5H2,1-3H3,(H,19,23). The minimum Gasteiger partial charge on any atom is -0.476 e. The molecule has 0 radical (unpaired) electrons. The van der Waals surface area contributed by atoms with E-state index < -0.39 is 0 Å². The summed E-state index contributed by atoms with van der Waals surface area (Å²) < 4.78 is 12.3. The highest BCUT2D eigenvalue weighted by Gasteiger charge is 2.18. The molecule has 3 rings (SSSR count). The Morgan fingerprint density at radius 2 is 2.12 bits per heavy atom. The van der Waals surface area contributed by atoms with Crippen LogP contribution in [0.2, 0.25) is 0 Å². The second kappa shape index (κ2) is 7.96. The molecule has 0 unspecified atom stereocenters. The Bertz CT molecular complexity index is 892.